The Morgan fingerprint density at radius 2 is 1.75 bits per heavy atom. The van der Waals surface area contributed by atoms with Gasteiger partial charge in [0.25, 0.3) is 0 Å². The summed E-state index contributed by atoms with van der Waals surface area (Å²) >= 11 is 12.5. The number of anilines is 3. The van der Waals surface area contributed by atoms with Gasteiger partial charge < -0.3 is 15.1 Å². The van der Waals surface area contributed by atoms with Gasteiger partial charge in [-0.25, -0.2) is 13.4 Å². The van der Waals surface area contributed by atoms with E-state index in [0.29, 0.717) is 34.0 Å². The quantitative estimate of drug-likeness (QED) is 0.276. The minimum absolute atomic E-state index is 0.433. The second-order valence-corrected chi connectivity index (χ2v) is 14.2. The van der Waals surface area contributed by atoms with E-state index in [4.69, 9.17) is 33.2 Å². The fourth-order valence-corrected chi connectivity index (χ4v) is 6.54. The van der Waals surface area contributed by atoms with Gasteiger partial charge >= 0.3 is 0 Å². The largest absolute Gasteiger partial charge is 0.365 e. The lowest BCUT2D eigenvalue weighted by Crippen LogP contribution is -2.36. The Morgan fingerprint density at radius 3 is 2.45 bits per heavy atom. The third-order valence-electron chi connectivity index (χ3n) is 7.98. The van der Waals surface area contributed by atoms with Gasteiger partial charge in [0, 0.05) is 40.8 Å². The Morgan fingerprint density at radius 1 is 1.00 bits per heavy atom. The summed E-state index contributed by atoms with van der Waals surface area (Å²) < 4.78 is 27.7. The zero-order chi connectivity index (χ0) is 28.3. The number of fused-ring (bicyclic) bond motifs is 1. The first kappa shape index (κ1) is 29.2. The Hall–Kier alpha value is -2.33. The van der Waals surface area contributed by atoms with Crippen LogP contribution in [-0.4, -0.2) is 61.3 Å². The third kappa shape index (κ3) is 7.11. The number of nitrogens with zero attached hydrogens (tertiary/aromatic N) is 4. The monoisotopic (exact) mass is 604 g/mol. The van der Waals surface area contributed by atoms with Crippen molar-refractivity contribution in [3.05, 3.63) is 52.0 Å². The number of sulfonamides is 1. The van der Waals surface area contributed by atoms with Gasteiger partial charge in [0.1, 0.15) is 5.82 Å². The van der Waals surface area contributed by atoms with Crippen molar-refractivity contribution < 1.29 is 8.42 Å². The molecule has 0 amide bonds. The molecule has 1 aromatic heterocycles. The third-order valence-corrected chi connectivity index (χ3v) is 10.3. The van der Waals surface area contributed by atoms with Crippen LogP contribution in [-0.2, 0) is 16.6 Å². The summed E-state index contributed by atoms with van der Waals surface area (Å²) in [4.78, 5) is 14.7. The van der Waals surface area contributed by atoms with Gasteiger partial charge in [-0.1, -0.05) is 29.3 Å². The minimum Gasteiger partial charge on any atom is -0.365 e. The number of rotatable bonds is 10. The Kier molecular flexibility index (Phi) is 9.24. The molecule has 2 aliphatic rings. The number of piperidine rings is 1. The predicted molar refractivity (Wildman–Crippen MR) is 166 cm³/mol. The highest BCUT2D eigenvalue weighted by Gasteiger charge is 2.24. The van der Waals surface area contributed by atoms with E-state index in [2.05, 4.69) is 19.8 Å². The molecule has 0 atom stereocenters. The van der Waals surface area contributed by atoms with Crippen molar-refractivity contribution in [2.24, 2.45) is 5.92 Å². The molecule has 2 saturated heterocycles. The van der Waals surface area contributed by atoms with E-state index < -0.39 is 15.3 Å². The van der Waals surface area contributed by atoms with Gasteiger partial charge in [-0.05, 0) is 107 Å². The highest BCUT2D eigenvalue weighted by Crippen LogP contribution is 2.31. The highest BCUT2D eigenvalue weighted by molar-refractivity contribution is 7.93. The first-order valence-corrected chi connectivity index (χ1v) is 16.5. The average molecular weight is 606 g/mol. The Bertz CT molecular complexity index is 1440. The molecular formula is C29H38Cl2N6O2S. The van der Waals surface area contributed by atoms with Crippen LogP contribution in [0.2, 0.25) is 10.0 Å². The van der Waals surface area contributed by atoms with E-state index in [1.165, 1.54) is 38.9 Å². The zero-order valence-corrected chi connectivity index (χ0v) is 25.5. The number of halogens is 2. The molecule has 216 valence electrons. The number of aromatic nitrogens is 2. The summed E-state index contributed by atoms with van der Waals surface area (Å²) in [6, 6.07) is 10.8. The van der Waals surface area contributed by atoms with Crippen LogP contribution in [0.25, 0.3) is 10.9 Å². The molecule has 3 aromatic rings. The van der Waals surface area contributed by atoms with E-state index in [0.717, 1.165) is 48.3 Å². The number of benzene rings is 2. The van der Waals surface area contributed by atoms with Gasteiger partial charge in [-0.2, -0.15) is 4.98 Å². The summed E-state index contributed by atoms with van der Waals surface area (Å²) in [5, 5.41) is 4.76. The Labute approximate surface area is 247 Å². The summed E-state index contributed by atoms with van der Waals surface area (Å²) in [5.74, 6) is 2.05. The summed E-state index contributed by atoms with van der Waals surface area (Å²) in [5.41, 5.74) is 2.11. The van der Waals surface area contributed by atoms with Gasteiger partial charge in [0.05, 0.1) is 10.8 Å². The molecule has 2 fully saturated rings. The van der Waals surface area contributed by atoms with Crippen LogP contribution in [0.5, 0.6) is 0 Å². The lowest BCUT2D eigenvalue weighted by molar-refractivity contribution is 0.280. The van der Waals surface area contributed by atoms with Gasteiger partial charge in [-0.3, -0.25) is 4.72 Å². The van der Waals surface area contributed by atoms with Gasteiger partial charge in [-0.15, -0.1) is 0 Å². The maximum Gasteiger partial charge on any atom is 0.235 e. The first-order chi connectivity index (χ1) is 19.2. The van der Waals surface area contributed by atoms with Crippen LogP contribution in [0.1, 0.15) is 51.5 Å². The molecule has 2 aromatic carbocycles. The lowest BCUT2D eigenvalue weighted by Gasteiger charge is -2.33. The SMILES string of the molecule is CC(C)S(=O)(=O)Nc1ccc2nc(N3CCC(CCN4CCCC4)CC3)nc(NCc3ccc(Cl)cc3Cl)c2c1. The van der Waals surface area contributed by atoms with Crippen molar-refractivity contribution in [1.29, 1.82) is 0 Å². The molecule has 0 unspecified atom stereocenters. The zero-order valence-electron chi connectivity index (χ0n) is 23.2. The number of nitrogens with one attached hydrogen (secondary N) is 2. The molecule has 0 aliphatic carbocycles. The minimum atomic E-state index is -3.49. The predicted octanol–water partition coefficient (Wildman–Crippen LogP) is 6.40. The summed E-state index contributed by atoms with van der Waals surface area (Å²) in [6.45, 7) is 9.29. The molecule has 2 N–H and O–H groups in total. The standard InChI is InChI=1S/C29H38Cl2N6O2S/c1-20(2)40(38,39)35-24-7-8-27-25(18-24)28(32-19-22-5-6-23(30)17-26(22)31)34-29(33-27)37-15-10-21(11-16-37)9-14-36-12-3-4-13-36/h5-8,17-18,20-21,35H,3-4,9-16,19H2,1-2H3,(H,32,33,34). The second kappa shape index (κ2) is 12.7. The van der Waals surface area contributed by atoms with Crippen LogP contribution in [0.4, 0.5) is 17.5 Å². The fourth-order valence-electron chi connectivity index (χ4n) is 5.37. The maximum absolute atomic E-state index is 12.5. The van der Waals surface area contributed by atoms with Crippen LogP contribution >= 0.6 is 23.2 Å². The molecule has 40 heavy (non-hydrogen) atoms. The van der Waals surface area contributed by atoms with Crippen LogP contribution in [0.15, 0.2) is 36.4 Å². The molecule has 3 heterocycles. The molecule has 5 rings (SSSR count). The molecule has 8 nitrogen and oxygen atoms in total. The maximum atomic E-state index is 12.5. The molecule has 11 heteroatoms. The van der Waals surface area contributed by atoms with E-state index in [1.807, 2.05) is 12.1 Å². The summed E-state index contributed by atoms with van der Waals surface area (Å²) in [7, 11) is -3.49. The van der Waals surface area contributed by atoms with Crippen LogP contribution in [0, 0.1) is 5.92 Å². The Balaban J connectivity index is 1.37. The van der Waals surface area contributed by atoms with Gasteiger partial charge in [0.2, 0.25) is 16.0 Å². The topological polar surface area (TPSA) is 90.5 Å². The smallest absolute Gasteiger partial charge is 0.235 e. The van der Waals surface area contributed by atoms with E-state index >= 15 is 0 Å². The highest BCUT2D eigenvalue weighted by atomic mass is 35.5. The summed E-state index contributed by atoms with van der Waals surface area (Å²) in [6.07, 6.45) is 6.20. The van der Waals surface area contributed by atoms with Crippen LogP contribution in [0.3, 0.4) is 0 Å². The first-order valence-electron chi connectivity index (χ1n) is 14.2. The second-order valence-electron chi connectivity index (χ2n) is 11.2. The van der Waals surface area contributed by atoms with Crippen molar-refractivity contribution in [3.63, 3.8) is 0 Å². The number of likely N-dealkylation sites (tertiary alicyclic amines) is 1. The van der Waals surface area contributed by atoms with Crippen molar-refractivity contribution in [3.8, 4) is 0 Å². The van der Waals surface area contributed by atoms with E-state index in [9.17, 15) is 8.42 Å². The molecular weight excluding hydrogens is 567 g/mol. The normalized spacial score (nSPS) is 17.2. The molecule has 0 radical (unpaired) electrons. The molecule has 0 bridgehead atoms. The molecule has 0 saturated carbocycles. The van der Waals surface area contributed by atoms with E-state index in [-0.39, 0.29) is 0 Å². The van der Waals surface area contributed by atoms with Crippen molar-refractivity contribution in [1.82, 2.24) is 14.9 Å². The lowest BCUT2D eigenvalue weighted by atomic mass is 9.93. The van der Waals surface area contributed by atoms with Crippen molar-refractivity contribution >= 4 is 61.6 Å². The molecule has 2 aliphatic heterocycles. The number of hydrogen-bond acceptors (Lipinski definition) is 7. The molecule has 0 spiro atoms. The van der Waals surface area contributed by atoms with Gasteiger partial charge in [0.15, 0.2) is 0 Å². The van der Waals surface area contributed by atoms with Crippen molar-refractivity contribution in [2.75, 3.05) is 47.7 Å². The average Bonchev–Trinajstić information content (AvgIpc) is 3.45. The van der Waals surface area contributed by atoms with Crippen molar-refractivity contribution in [2.45, 2.75) is 57.7 Å². The van der Waals surface area contributed by atoms with E-state index in [1.54, 1.807) is 38.1 Å². The fraction of sp³-hybridized carbons (Fsp3) is 0.517. The number of hydrogen-bond donors (Lipinski definition) is 2. The van der Waals surface area contributed by atoms with Crippen LogP contribution < -0.4 is 14.9 Å².